The van der Waals surface area contributed by atoms with E-state index in [2.05, 4.69) is 5.32 Å². The number of amides is 2. The molecule has 2 amide bonds. The van der Waals surface area contributed by atoms with Gasteiger partial charge in [-0.05, 0) is 48.2 Å². The average Bonchev–Trinajstić information content (AvgIpc) is 2.75. The molecule has 0 spiro atoms. The van der Waals surface area contributed by atoms with Crippen molar-refractivity contribution < 1.29 is 9.59 Å². The molecule has 5 heteroatoms. The molecule has 4 nitrogen and oxygen atoms in total. The van der Waals surface area contributed by atoms with E-state index < -0.39 is 0 Å². The summed E-state index contributed by atoms with van der Waals surface area (Å²) in [6.45, 7) is 2.96. The molecule has 1 aliphatic heterocycles. The molecular formula is C24H23ClN2O2. The monoisotopic (exact) mass is 406 g/mol. The lowest BCUT2D eigenvalue weighted by molar-refractivity contribution is 0.0851. The van der Waals surface area contributed by atoms with Crippen LogP contribution in [0.3, 0.4) is 0 Å². The summed E-state index contributed by atoms with van der Waals surface area (Å²) in [7, 11) is 0. The summed E-state index contributed by atoms with van der Waals surface area (Å²) >= 11 is 6.23. The van der Waals surface area contributed by atoms with Crippen LogP contribution in [0.4, 0.5) is 10.5 Å². The zero-order chi connectivity index (χ0) is 20.4. The molecule has 1 fully saturated rings. The first kappa shape index (κ1) is 19.5. The first-order valence-corrected chi connectivity index (χ1v) is 10.2. The standard InChI is InChI=1S/C24H23ClN2O2/c1-16-6-4-10-21(25)22(16)26-24(29)27-13-5-9-20(15-27)23(28)19-12-11-17-7-2-3-8-18(17)14-19/h2-4,6-8,10-12,14,20H,5,9,13,15H2,1H3,(H,26,29). The zero-order valence-corrected chi connectivity index (χ0v) is 17.1. The van der Waals surface area contributed by atoms with Gasteiger partial charge in [0.1, 0.15) is 0 Å². The number of rotatable bonds is 3. The molecular weight excluding hydrogens is 384 g/mol. The van der Waals surface area contributed by atoms with Crippen LogP contribution in [0, 0.1) is 12.8 Å². The number of Topliss-reactive ketones (excluding diaryl/α,β-unsaturated/α-hetero) is 1. The van der Waals surface area contributed by atoms with Gasteiger partial charge in [-0.25, -0.2) is 4.79 Å². The van der Waals surface area contributed by atoms with Crippen LogP contribution >= 0.6 is 11.6 Å². The normalized spacial score (nSPS) is 16.6. The maximum Gasteiger partial charge on any atom is 0.321 e. The van der Waals surface area contributed by atoms with E-state index in [1.54, 1.807) is 11.0 Å². The fourth-order valence-electron chi connectivity index (χ4n) is 3.93. The number of anilines is 1. The number of nitrogens with one attached hydrogen (secondary N) is 1. The van der Waals surface area contributed by atoms with E-state index >= 15 is 0 Å². The SMILES string of the molecule is Cc1cccc(Cl)c1NC(=O)N1CCCC(C(=O)c2ccc3ccccc3c2)C1. The van der Waals surface area contributed by atoms with Crippen molar-refractivity contribution in [2.75, 3.05) is 18.4 Å². The van der Waals surface area contributed by atoms with Crippen LogP contribution < -0.4 is 5.32 Å². The number of nitrogens with zero attached hydrogens (tertiary/aromatic N) is 1. The fraction of sp³-hybridized carbons (Fsp3) is 0.250. The Hall–Kier alpha value is -2.85. The highest BCUT2D eigenvalue weighted by Crippen LogP contribution is 2.27. The van der Waals surface area contributed by atoms with Gasteiger partial charge in [0.25, 0.3) is 0 Å². The van der Waals surface area contributed by atoms with Crippen molar-refractivity contribution in [3.8, 4) is 0 Å². The Kier molecular flexibility index (Phi) is 5.54. The highest BCUT2D eigenvalue weighted by Gasteiger charge is 2.29. The number of hydrogen-bond acceptors (Lipinski definition) is 2. The molecule has 148 valence electrons. The van der Waals surface area contributed by atoms with Crippen molar-refractivity contribution in [1.29, 1.82) is 0 Å². The predicted molar refractivity (Wildman–Crippen MR) is 118 cm³/mol. The minimum absolute atomic E-state index is 0.0992. The number of hydrogen-bond donors (Lipinski definition) is 1. The molecule has 4 rings (SSSR count). The van der Waals surface area contributed by atoms with E-state index in [0.717, 1.165) is 29.2 Å². The molecule has 3 aromatic carbocycles. The quantitative estimate of drug-likeness (QED) is 0.548. The lowest BCUT2D eigenvalue weighted by Gasteiger charge is -2.32. The number of carbonyl (C=O) groups is 2. The number of urea groups is 1. The highest BCUT2D eigenvalue weighted by molar-refractivity contribution is 6.33. The fourth-order valence-corrected chi connectivity index (χ4v) is 4.20. The van der Waals surface area contributed by atoms with Gasteiger partial charge in [-0.1, -0.05) is 60.1 Å². The maximum absolute atomic E-state index is 13.1. The number of likely N-dealkylation sites (tertiary alicyclic amines) is 1. The van der Waals surface area contributed by atoms with Crippen LogP contribution in [-0.4, -0.2) is 29.8 Å². The third-order valence-corrected chi connectivity index (χ3v) is 5.88. The molecule has 29 heavy (non-hydrogen) atoms. The molecule has 1 heterocycles. The third-order valence-electron chi connectivity index (χ3n) is 5.57. The summed E-state index contributed by atoms with van der Waals surface area (Å²) in [6, 6.07) is 19.1. The lowest BCUT2D eigenvalue weighted by atomic mass is 9.89. The van der Waals surface area contributed by atoms with Gasteiger partial charge in [0.05, 0.1) is 10.7 Å². The largest absolute Gasteiger partial charge is 0.324 e. The molecule has 1 unspecified atom stereocenters. The second-order valence-electron chi connectivity index (χ2n) is 7.57. The van der Waals surface area contributed by atoms with E-state index in [0.29, 0.717) is 29.4 Å². The van der Waals surface area contributed by atoms with Crippen molar-refractivity contribution in [2.45, 2.75) is 19.8 Å². The average molecular weight is 407 g/mol. The van der Waals surface area contributed by atoms with Gasteiger partial charge in [0.15, 0.2) is 5.78 Å². The summed E-state index contributed by atoms with van der Waals surface area (Å²) in [6.07, 6.45) is 1.60. The maximum atomic E-state index is 13.1. The number of carbonyl (C=O) groups excluding carboxylic acids is 2. The van der Waals surface area contributed by atoms with Crippen LogP contribution in [0.15, 0.2) is 60.7 Å². The van der Waals surface area contributed by atoms with Crippen LogP contribution in [0.25, 0.3) is 10.8 Å². The van der Waals surface area contributed by atoms with E-state index in [9.17, 15) is 9.59 Å². The molecule has 1 saturated heterocycles. The van der Waals surface area contributed by atoms with Gasteiger partial charge in [0, 0.05) is 24.6 Å². The van der Waals surface area contributed by atoms with E-state index in [1.165, 1.54) is 0 Å². The molecule has 1 N–H and O–H groups in total. The van der Waals surface area contributed by atoms with Gasteiger partial charge in [0.2, 0.25) is 0 Å². The molecule has 1 atom stereocenters. The zero-order valence-electron chi connectivity index (χ0n) is 16.3. The Balaban J connectivity index is 1.48. The van der Waals surface area contributed by atoms with Gasteiger partial charge in [-0.15, -0.1) is 0 Å². The number of halogens is 1. The van der Waals surface area contributed by atoms with Crippen molar-refractivity contribution >= 4 is 39.9 Å². The van der Waals surface area contributed by atoms with Crippen LogP contribution in [0.2, 0.25) is 5.02 Å². The summed E-state index contributed by atoms with van der Waals surface area (Å²) in [5.41, 5.74) is 2.24. The van der Waals surface area contributed by atoms with E-state index in [-0.39, 0.29) is 17.7 Å². The summed E-state index contributed by atoms with van der Waals surface area (Å²) < 4.78 is 0. The topological polar surface area (TPSA) is 49.4 Å². The molecule has 0 aliphatic carbocycles. The van der Waals surface area contributed by atoms with Crippen molar-refractivity contribution in [1.82, 2.24) is 4.90 Å². The second-order valence-corrected chi connectivity index (χ2v) is 7.98. The molecule has 0 bridgehead atoms. The first-order valence-electron chi connectivity index (χ1n) is 9.87. The summed E-state index contributed by atoms with van der Waals surface area (Å²) in [5.74, 6) is -0.0924. The minimum atomic E-state index is -0.211. The molecule has 1 aliphatic rings. The molecule has 0 aromatic heterocycles. The number of aryl methyl sites for hydroxylation is 1. The second kappa shape index (κ2) is 8.26. The van der Waals surface area contributed by atoms with Gasteiger partial charge < -0.3 is 10.2 Å². The Labute approximate surface area is 175 Å². The van der Waals surface area contributed by atoms with Crippen LogP contribution in [0.5, 0.6) is 0 Å². The number of ketones is 1. The van der Waals surface area contributed by atoms with Gasteiger partial charge in [-0.2, -0.15) is 0 Å². The van der Waals surface area contributed by atoms with Crippen molar-refractivity contribution in [3.05, 3.63) is 76.8 Å². The molecule has 3 aromatic rings. The summed E-state index contributed by atoms with van der Waals surface area (Å²) in [5, 5.41) is 5.60. The number of piperidine rings is 1. The Morgan fingerprint density at radius 2 is 1.83 bits per heavy atom. The lowest BCUT2D eigenvalue weighted by Crippen LogP contribution is -2.44. The van der Waals surface area contributed by atoms with Crippen molar-refractivity contribution in [3.63, 3.8) is 0 Å². The number of para-hydroxylation sites is 1. The Bertz CT molecular complexity index is 1060. The van der Waals surface area contributed by atoms with Crippen LogP contribution in [0.1, 0.15) is 28.8 Å². The predicted octanol–water partition coefficient (Wildman–Crippen LogP) is 5.93. The highest BCUT2D eigenvalue weighted by atomic mass is 35.5. The van der Waals surface area contributed by atoms with Crippen LogP contribution in [-0.2, 0) is 0 Å². The summed E-state index contributed by atoms with van der Waals surface area (Å²) in [4.78, 5) is 27.6. The first-order chi connectivity index (χ1) is 14.0. The van der Waals surface area contributed by atoms with E-state index in [4.69, 9.17) is 11.6 Å². The minimum Gasteiger partial charge on any atom is -0.324 e. The van der Waals surface area contributed by atoms with Gasteiger partial charge in [-0.3, -0.25) is 4.79 Å². The smallest absolute Gasteiger partial charge is 0.321 e. The van der Waals surface area contributed by atoms with E-state index in [1.807, 2.05) is 61.5 Å². The van der Waals surface area contributed by atoms with Gasteiger partial charge >= 0.3 is 6.03 Å². The third kappa shape index (κ3) is 4.13. The molecule has 0 saturated carbocycles. The molecule has 0 radical (unpaired) electrons. The number of benzene rings is 3. The number of fused-ring (bicyclic) bond motifs is 1. The Morgan fingerprint density at radius 3 is 2.62 bits per heavy atom. The van der Waals surface area contributed by atoms with Crippen molar-refractivity contribution in [2.24, 2.45) is 5.92 Å². The Morgan fingerprint density at radius 1 is 1.03 bits per heavy atom.